The van der Waals surface area contributed by atoms with Crippen molar-refractivity contribution >= 4 is 12.1 Å². The third kappa shape index (κ3) is 3.69. The lowest BCUT2D eigenvalue weighted by Gasteiger charge is -2.48. The molecule has 1 aliphatic carbocycles. The summed E-state index contributed by atoms with van der Waals surface area (Å²) in [5.41, 5.74) is -0.764. The summed E-state index contributed by atoms with van der Waals surface area (Å²) in [5.74, 6) is -1.03. The standard InChI is InChI=1S/C16H27NO4/c1-15(2,3)21-14(20)17-10-6-9-16(11-17)8-5-4-7-12(16)13(18)19/h12H,4-11H2,1-3H3,(H,18,19). The number of carbonyl (C=O) groups is 2. The van der Waals surface area contributed by atoms with E-state index in [2.05, 4.69) is 0 Å². The Kier molecular flexibility index (Phi) is 4.49. The molecule has 120 valence electrons. The summed E-state index contributed by atoms with van der Waals surface area (Å²) in [4.78, 5) is 25.6. The molecule has 21 heavy (non-hydrogen) atoms. The SMILES string of the molecule is CC(C)(C)OC(=O)N1CCCC2(CCCCC2C(=O)O)C1. The number of aliphatic carboxylic acids is 1. The van der Waals surface area contributed by atoms with Gasteiger partial charge in [-0.2, -0.15) is 0 Å². The zero-order chi connectivity index (χ0) is 15.7. The number of rotatable bonds is 1. The number of ether oxygens (including phenoxy) is 1. The molecule has 0 aromatic carbocycles. The van der Waals surface area contributed by atoms with Gasteiger partial charge in [0.1, 0.15) is 5.60 Å². The highest BCUT2D eigenvalue weighted by Crippen LogP contribution is 2.47. The van der Waals surface area contributed by atoms with Crippen molar-refractivity contribution in [1.82, 2.24) is 4.90 Å². The van der Waals surface area contributed by atoms with Gasteiger partial charge in [0.05, 0.1) is 5.92 Å². The van der Waals surface area contributed by atoms with Crippen LogP contribution in [0.3, 0.4) is 0 Å². The predicted molar refractivity (Wildman–Crippen MR) is 79.1 cm³/mol. The van der Waals surface area contributed by atoms with Crippen molar-refractivity contribution in [2.45, 2.75) is 64.9 Å². The van der Waals surface area contributed by atoms with Gasteiger partial charge in [-0.1, -0.05) is 12.8 Å². The first-order valence-corrected chi connectivity index (χ1v) is 7.94. The molecule has 2 atom stereocenters. The quantitative estimate of drug-likeness (QED) is 0.806. The topological polar surface area (TPSA) is 66.8 Å². The molecule has 0 radical (unpaired) electrons. The molecule has 5 nitrogen and oxygen atoms in total. The minimum Gasteiger partial charge on any atom is -0.481 e. The molecule has 2 rings (SSSR count). The summed E-state index contributed by atoms with van der Waals surface area (Å²) in [6.45, 7) is 6.75. The van der Waals surface area contributed by atoms with Crippen molar-refractivity contribution in [1.29, 1.82) is 0 Å². The van der Waals surface area contributed by atoms with Gasteiger partial charge in [-0.25, -0.2) is 4.79 Å². The number of hydrogen-bond acceptors (Lipinski definition) is 3. The normalized spacial score (nSPS) is 30.2. The van der Waals surface area contributed by atoms with Crippen LogP contribution in [0.5, 0.6) is 0 Å². The predicted octanol–water partition coefficient (Wildman–Crippen LogP) is 3.28. The van der Waals surface area contributed by atoms with Gasteiger partial charge in [0.25, 0.3) is 0 Å². The number of carboxylic acids is 1. The Hall–Kier alpha value is -1.26. The van der Waals surface area contributed by atoms with E-state index in [1.54, 1.807) is 4.90 Å². The summed E-state index contributed by atoms with van der Waals surface area (Å²) in [7, 11) is 0. The molecule has 0 aromatic heterocycles. The van der Waals surface area contributed by atoms with Crippen molar-refractivity contribution in [3.63, 3.8) is 0 Å². The summed E-state index contributed by atoms with van der Waals surface area (Å²) in [6, 6.07) is 0. The fourth-order valence-corrected chi connectivity index (χ4v) is 3.82. The van der Waals surface area contributed by atoms with Gasteiger partial charge in [0, 0.05) is 18.5 Å². The molecule has 1 amide bonds. The lowest BCUT2D eigenvalue weighted by Crippen LogP contribution is -2.53. The Bertz CT molecular complexity index is 411. The van der Waals surface area contributed by atoms with Crippen LogP contribution in [-0.2, 0) is 9.53 Å². The molecule has 5 heteroatoms. The molecule has 1 saturated heterocycles. The average molecular weight is 297 g/mol. The molecule has 1 spiro atoms. The Labute approximate surface area is 126 Å². The van der Waals surface area contributed by atoms with Crippen molar-refractivity contribution < 1.29 is 19.4 Å². The number of amides is 1. The first kappa shape index (κ1) is 16.1. The maximum atomic E-state index is 12.3. The van der Waals surface area contributed by atoms with Gasteiger partial charge in [0.2, 0.25) is 0 Å². The Morgan fingerprint density at radius 3 is 2.48 bits per heavy atom. The number of piperidine rings is 1. The van der Waals surface area contributed by atoms with Crippen LogP contribution in [0.4, 0.5) is 4.79 Å². The molecule has 1 heterocycles. The lowest BCUT2D eigenvalue weighted by molar-refractivity contribution is -0.151. The summed E-state index contributed by atoms with van der Waals surface area (Å²) in [6.07, 6.45) is 5.14. The minimum absolute atomic E-state index is 0.251. The molecule has 2 fully saturated rings. The van der Waals surface area contributed by atoms with Crippen LogP contribution in [0.1, 0.15) is 59.3 Å². The molecule has 1 N–H and O–H groups in total. The second-order valence-corrected chi connectivity index (χ2v) is 7.50. The van der Waals surface area contributed by atoms with E-state index in [1.165, 1.54) is 0 Å². The van der Waals surface area contributed by atoms with E-state index < -0.39 is 11.6 Å². The molecule has 1 saturated carbocycles. The van der Waals surface area contributed by atoms with E-state index in [-0.39, 0.29) is 17.4 Å². The molecule has 2 unspecified atom stereocenters. The Balaban J connectivity index is 2.11. The molecule has 0 bridgehead atoms. The fraction of sp³-hybridized carbons (Fsp3) is 0.875. The van der Waals surface area contributed by atoms with Crippen molar-refractivity contribution in [3.05, 3.63) is 0 Å². The maximum Gasteiger partial charge on any atom is 0.410 e. The van der Waals surface area contributed by atoms with Gasteiger partial charge < -0.3 is 14.7 Å². The number of hydrogen-bond donors (Lipinski definition) is 1. The number of nitrogens with zero attached hydrogens (tertiary/aromatic N) is 1. The van der Waals surface area contributed by atoms with Crippen LogP contribution >= 0.6 is 0 Å². The largest absolute Gasteiger partial charge is 0.481 e. The smallest absolute Gasteiger partial charge is 0.410 e. The third-order valence-corrected chi connectivity index (χ3v) is 4.71. The van der Waals surface area contributed by atoms with Crippen molar-refractivity contribution in [2.75, 3.05) is 13.1 Å². The Morgan fingerprint density at radius 2 is 1.86 bits per heavy atom. The second-order valence-electron chi connectivity index (χ2n) is 7.50. The third-order valence-electron chi connectivity index (χ3n) is 4.71. The molecule has 2 aliphatic rings. The highest BCUT2D eigenvalue weighted by molar-refractivity contribution is 5.72. The first-order valence-electron chi connectivity index (χ1n) is 7.94. The van der Waals surface area contributed by atoms with Crippen molar-refractivity contribution in [2.24, 2.45) is 11.3 Å². The monoisotopic (exact) mass is 297 g/mol. The van der Waals surface area contributed by atoms with E-state index in [0.29, 0.717) is 13.1 Å². The van der Waals surface area contributed by atoms with Gasteiger partial charge in [-0.15, -0.1) is 0 Å². The first-order chi connectivity index (χ1) is 9.73. The fourth-order valence-electron chi connectivity index (χ4n) is 3.82. The van der Waals surface area contributed by atoms with Crippen molar-refractivity contribution in [3.8, 4) is 0 Å². The average Bonchev–Trinajstić information content (AvgIpc) is 2.37. The second kappa shape index (κ2) is 5.85. The zero-order valence-electron chi connectivity index (χ0n) is 13.4. The van der Waals surface area contributed by atoms with Crippen LogP contribution in [0.2, 0.25) is 0 Å². The van der Waals surface area contributed by atoms with Gasteiger partial charge in [-0.3, -0.25) is 4.79 Å². The van der Waals surface area contributed by atoms with Gasteiger partial charge in [-0.05, 0) is 46.5 Å². The van der Waals surface area contributed by atoms with Gasteiger partial charge >= 0.3 is 12.1 Å². The van der Waals surface area contributed by atoms with E-state index >= 15 is 0 Å². The van der Waals surface area contributed by atoms with Crippen LogP contribution in [0, 0.1) is 11.3 Å². The van der Waals surface area contributed by atoms with E-state index in [4.69, 9.17) is 4.74 Å². The van der Waals surface area contributed by atoms with E-state index in [0.717, 1.165) is 38.5 Å². The Morgan fingerprint density at radius 1 is 1.19 bits per heavy atom. The highest BCUT2D eigenvalue weighted by atomic mass is 16.6. The van der Waals surface area contributed by atoms with Crippen LogP contribution in [-0.4, -0.2) is 40.8 Å². The van der Waals surface area contributed by atoms with Crippen LogP contribution in [0.25, 0.3) is 0 Å². The number of carboxylic acid groups (broad SMARTS) is 1. The van der Waals surface area contributed by atoms with E-state index in [1.807, 2.05) is 20.8 Å². The molecular weight excluding hydrogens is 270 g/mol. The summed E-state index contributed by atoms with van der Waals surface area (Å²) >= 11 is 0. The summed E-state index contributed by atoms with van der Waals surface area (Å²) < 4.78 is 5.45. The minimum atomic E-state index is -0.708. The zero-order valence-corrected chi connectivity index (χ0v) is 13.4. The molecule has 0 aromatic rings. The van der Waals surface area contributed by atoms with E-state index in [9.17, 15) is 14.7 Å². The highest BCUT2D eigenvalue weighted by Gasteiger charge is 2.48. The van der Waals surface area contributed by atoms with Crippen LogP contribution in [0.15, 0.2) is 0 Å². The lowest BCUT2D eigenvalue weighted by atomic mass is 9.62. The summed E-state index contributed by atoms with van der Waals surface area (Å²) in [5, 5.41) is 9.53. The number of likely N-dealkylation sites (tertiary alicyclic amines) is 1. The molecular formula is C16H27NO4. The molecule has 1 aliphatic heterocycles. The van der Waals surface area contributed by atoms with Gasteiger partial charge in [0.15, 0.2) is 0 Å². The number of carbonyl (C=O) groups excluding carboxylic acids is 1. The van der Waals surface area contributed by atoms with Crippen LogP contribution < -0.4 is 0 Å². The maximum absolute atomic E-state index is 12.3.